The third-order valence-electron chi connectivity index (χ3n) is 4.34. The van der Waals surface area contributed by atoms with E-state index in [0.717, 1.165) is 47.6 Å². The zero-order chi connectivity index (χ0) is 17.8. The summed E-state index contributed by atoms with van der Waals surface area (Å²) in [6, 6.07) is 12.1. The molecule has 2 N–H and O–H groups in total. The van der Waals surface area contributed by atoms with Crippen LogP contribution in [0.4, 0.5) is 5.00 Å². The maximum Gasteiger partial charge on any atom is 0.244 e. The number of morpholine rings is 1. The molecule has 0 bridgehead atoms. The fraction of sp³-hybridized carbons (Fsp3) is 0.263. The van der Waals surface area contributed by atoms with Gasteiger partial charge in [-0.2, -0.15) is 5.10 Å². The molecule has 7 heteroatoms. The Morgan fingerprint density at radius 1 is 1.27 bits per heavy atom. The lowest BCUT2D eigenvalue weighted by molar-refractivity contribution is -0.120. The Hall–Kier alpha value is -2.64. The number of aromatic nitrogens is 1. The summed E-state index contributed by atoms with van der Waals surface area (Å²) in [5.74, 6) is -0.129. The van der Waals surface area contributed by atoms with Crippen LogP contribution in [0.3, 0.4) is 0 Å². The van der Waals surface area contributed by atoms with Crippen LogP contribution >= 0.6 is 11.3 Å². The number of hydrogen-bond acceptors (Lipinski definition) is 5. The summed E-state index contributed by atoms with van der Waals surface area (Å²) in [6.45, 7) is 3.37. The minimum Gasteiger partial charge on any atom is -0.378 e. The van der Waals surface area contributed by atoms with Crippen molar-refractivity contribution >= 4 is 39.4 Å². The number of H-pyrrole nitrogens is 1. The zero-order valence-electron chi connectivity index (χ0n) is 14.3. The summed E-state index contributed by atoms with van der Waals surface area (Å²) in [6.07, 6.45) is 3.87. The Bertz CT molecular complexity index is 924. The van der Waals surface area contributed by atoms with Gasteiger partial charge in [0.25, 0.3) is 0 Å². The van der Waals surface area contributed by atoms with Gasteiger partial charge in [-0.05, 0) is 23.8 Å². The summed E-state index contributed by atoms with van der Waals surface area (Å²) in [5, 5.41) is 6.37. The van der Waals surface area contributed by atoms with Gasteiger partial charge in [0.2, 0.25) is 5.91 Å². The van der Waals surface area contributed by atoms with Crippen LogP contribution in [0.5, 0.6) is 0 Å². The normalized spacial score (nSPS) is 15.0. The molecular formula is C19H20N4O2S. The first-order valence-electron chi connectivity index (χ1n) is 8.59. The number of amides is 1. The van der Waals surface area contributed by atoms with Gasteiger partial charge in [-0.1, -0.05) is 18.2 Å². The molecule has 3 heterocycles. The van der Waals surface area contributed by atoms with Crippen molar-refractivity contribution < 1.29 is 9.53 Å². The van der Waals surface area contributed by atoms with Crippen molar-refractivity contribution in [2.24, 2.45) is 5.10 Å². The van der Waals surface area contributed by atoms with Crippen molar-refractivity contribution in [2.75, 3.05) is 31.2 Å². The molecule has 0 atom stereocenters. The van der Waals surface area contributed by atoms with E-state index in [1.165, 1.54) is 5.00 Å². The van der Waals surface area contributed by atoms with Gasteiger partial charge in [-0.3, -0.25) is 4.79 Å². The maximum absolute atomic E-state index is 12.1. The molecule has 6 nitrogen and oxygen atoms in total. The van der Waals surface area contributed by atoms with Gasteiger partial charge in [-0.15, -0.1) is 11.3 Å². The van der Waals surface area contributed by atoms with Crippen molar-refractivity contribution in [1.29, 1.82) is 0 Å². The number of carbonyl (C=O) groups excluding carboxylic acids is 1. The first kappa shape index (κ1) is 16.8. The standard InChI is InChI=1S/C19H20N4O2S/c24-18(11-14-12-20-17-4-2-1-3-16(14)17)22-21-13-15-5-6-19(26-15)23-7-9-25-10-8-23/h1-6,12-13,20H,7-11H2,(H,22,24)/b21-13+. The number of hydrogen-bond donors (Lipinski definition) is 2. The summed E-state index contributed by atoms with van der Waals surface area (Å²) < 4.78 is 5.38. The lowest BCUT2D eigenvalue weighted by atomic mass is 10.1. The summed E-state index contributed by atoms with van der Waals surface area (Å²) in [4.78, 5) is 18.6. The van der Waals surface area contributed by atoms with E-state index in [-0.39, 0.29) is 5.91 Å². The summed E-state index contributed by atoms with van der Waals surface area (Å²) >= 11 is 1.66. The van der Waals surface area contributed by atoms with E-state index in [1.54, 1.807) is 17.6 Å². The van der Waals surface area contributed by atoms with E-state index >= 15 is 0 Å². The molecule has 4 rings (SSSR count). The van der Waals surface area contributed by atoms with Crippen LogP contribution < -0.4 is 10.3 Å². The molecule has 2 aromatic heterocycles. The Morgan fingerprint density at radius 2 is 2.12 bits per heavy atom. The number of thiophene rings is 1. The van der Waals surface area contributed by atoms with Crippen molar-refractivity contribution in [3.63, 3.8) is 0 Å². The molecule has 134 valence electrons. The average Bonchev–Trinajstić information content (AvgIpc) is 3.30. The van der Waals surface area contributed by atoms with E-state index in [1.807, 2.05) is 36.5 Å². The SMILES string of the molecule is O=C(Cc1c[nH]c2ccccc12)N/N=C/c1ccc(N2CCOCC2)s1. The van der Waals surface area contributed by atoms with Gasteiger partial charge in [0.05, 0.1) is 30.9 Å². The van der Waals surface area contributed by atoms with Crippen molar-refractivity contribution in [3.8, 4) is 0 Å². The lowest BCUT2D eigenvalue weighted by Gasteiger charge is -2.27. The third kappa shape index (κ3) is 3.79. The molecule has 1 aromatic carbocycles. The Labute approximate surface area is 155 Å². The quantitative estimate of drug-likeness (QED) is 0.537. The van der Waals surface area contributed by atoms with Crippen LogP contribution in [-0.2, 0) is 16.0 Å². The molecule has 1 aliphatic rings. The van der Waals surface area contributed by atoms with Gasteiger partial charge >= 0.3 is 0 Å². The monoisotopic (exact) mass is 368 g/mol. The number of fused-ring (bicyclic) bond motifs is 1. The third-order valence-corrected chi connectivity index (χ3v) is 5.42. The highest BCUT2D eigenvalue weighted by atomic mass is 32.1. The van der Waals surface area contributed by atoms with Crippen LogP contribution in [0.15, 0.2) is 47.7 Å². The number of anilines is 1. The number of ether oxygens (including phenoxy) is 1. The number of aromatic amines is 1. The van der Waals surface area contributed by atoms with Crippen molar-refractivity contribution in [1.82, 2.24) is 10.4 Å². The first-order valence-corrected chi connectivity index (χ1v) is 9.41. The largest absolute Gasteiger partial charge is 0.378 e. The van der Waals surface area contributed by atoms with Crippen LogP contribution in [0, 0.1) is 0 Å². The highest BCUT2D eigenvalue weighted by molar-refractivity contribution is 7.17. The average molecular weight is 368 g/mol. The van der Waals surface area contributed by atoms with Gasteiger partial charge in [0, 0.05) is 35.1 Å². The van der Waals surface area contributed by atoms with Gasteiger partial charge in [0.1, 0.15) is 0 Å². The molecule has 0 aliphatic carbocycles. The molecule has 1 saturated heterocycles. The number of benzene rings is 1. The molecule has 0 saturated carbocycles. The van der Waals surface area contributed by atoms with Crippen molar-refractivity contribution in [2.45, 2.75) is 6.42 Å². The second-order valence-corrected chi connectivity index (χ2v) is 7.20. The number of nitrogens with zero attached hydrogens (tertiary/aromatic N) is 2. The molecule has 1 amide bonds. The fourth-order valence-corrected chi connectivity index (χ4v) is 3.95. The van der Waals surface area contributed by atoms with Gasteiger partial charge in [-0.25, -0.2) is 5.43 Å². The number of carbonyl (C=O) groups is 1. The van der Waals surface area contributed by atoms with E-state index in [4.69, 9.17) is 4.74 Å². The van der Waals surface area contributed by atoms with Crippen LogP contribution in [0.25, 0.3) is 10.9 Å². The first-order chi connectivity index (χ1) is 12.8. The molecule has 0 radical (unpaired) electrons. The van der Waals surface area contributed by atoms with Crippen LogP contribution in [-0.4, -0.2) is 43.4 Å². The second kappa shape index (κ2) is 7.72. The van der Waals surface area contributed by atoms with Gasteiger partial charge in [0.15, 0.2) is 0 Å². The smallest absolute Gasteiger partial charge is 0.244 e. The minimum atomic E-state index is -0.129. The Kier molecular flexibility index (Phi) is 4.99. The molecule has 1 fully saturated rings. The molecule has 3 aromatic rings. The second-order valence-electron chi connectivity index (χ2n) is 6.10. The molecule has 26 heavy (non-hydrogen) atoms. The molecule has 1 aliphatic heterocycles. The van der Waals surface area contributed by atoms with Crippen LogP contribution in [0.2, 0.25) is 0 Å². The molecular weight excluding hydrogens is 348 g/mol. The number of rotatable bonds is 5. The van der Waals surface area contributed by atoms with Gasteiger partial charge < -0.3 is 14.6 Å². The molecule has 0 unspecified atom stereocenters. The highest BCUT2D eigenvalue weighted by Gasteiger charge is 2.13. The fourth-order valence-electron chi connectivity index (χ4n) is 3.02. The molecule has 0 spiro atoms. The predicted molar refractivity (Wildman–Crippen MR) is 105 cm³/mol. The summed E-state index contributed by atoms with van der Waals surface area (Å²) in [7, 11) is 0. The Morgan fingerprint density at radius 3 is 3.00 bits per heavy atom. The van der Waals surface area contributed by atoms with E-state index < -0.39 is 0 Å². The summed E-state index contributed by atoms with van der Waals surface area (Å²) in [5.41, 5.74) is 4.62. The number of nitrogens with one attached hydrogen (secondary N) is 2. The lowest BCUT2D eigenvalue weighted by Crippen LogP contribution is -2.35. The predicted octanol–water partition coefficient (Wildman–Crippen LogP) is 2.76. The minimum absolute atomic E-state index is 0.129. The van der Waals surface area contributed by atoms with Crippen molar-refractivity contribution in [3.05, 3.63) is 53.0 Å². The Balaban J connectivity index is 1.33. The topological polar surface area (TPSA) is 69.7 Å². The van der Waals surface area contributed by atoms with E-state index in [9.17, 15) is 4.79 Å². The highest BCUT2D eigenvalue weighted by Crippen LogP contribution is 2.25. The van der Waals surface area contributed by atoms with E-state index in [0.29, 0.717) is 6.42 Å². The number of para-hydroxylation sites is 1. The number of hydrazone groups is 1. The zero-order valence-corrected chi connectivity index (χ0v) is 15.1. The van der Waals surface area contributed by atoms with Crippen LogP contribution in [0.1, 0.15) is 10.4 Å². The van der Waals surface area contributed by atoms with E-state index in [2.05, 4.69) is 26.5 Å². The maximum atomic E-state index is 12.1.